The molecule has 0 aliphatic carbocycles. The first kappa shape index (κ1) is 16.1. The van der Waals surface area contributed by atoms with Crippen molar-refractivity contribution in [1.29, 1.82) is 0 Å². The summed E-state index contributed by atoms with van der Waals surface area (Å²) in [4.78, 5) is 41.5. The Bertz CT molecular complexity index is 504. The number of esters is 1. The smallest absolute Gasteiger partial charge is 0.381 e. The molecule has 7 nitrogen and oxygen atoms in total. The highest BCUT2D eigenvalue weighted by Crippen LogP contribution is 2.10. The molecule has 1 aromatic rings. The number of hydrogen-bond acceptors (Lipinski definition) is 7. The van der Waals surface area contributed by atoms with Crippen molar-refractivity contribution >= 4 is 29.3 Å². The molecule has 0 fully saturated rings. The number of rotatable bonds is 7. The van der Waals surface area contributed by atoms with Crippen LogP contribution in [0.1, 0.15) is 17.3 Å². The number of ether oxygens (including phenoxy) is 1. The number of nitrogens with one attached hydrogen (secondary N) is 1. The minimum absolute atomic E-state index is 0.221. The van der Waals surface area contributed by atoms with Crippen molar-refractivity contribution in [3.63, 3.8) is 0 Å². The zero-order valence-corrected chi connectivity index (χ0v) is 11.3. The zero-order valence-electron chi connectivity index (χ0n) is 10.6. The summed E-state index contributed by atoms with van der Waals surface area (Å²) < 4.78 is 4.36. The molecule has 0 amide bonds. The molecule has 0 saturated carbocycles. The summed E-state index contributed by atoms with van der Waals surface area (Å²) in [7, 11) is 0. The lowest BCUT2D eigenvalue weighted by atomic mass is 10.1. The van der Waals surface area contributed by atoms with E-state index in [1.165, 1.54) is 6.07 Å². The minimum Gasteiger partial charge on any atom is -0.454 e. The summed E-state index contributed by atoms with van der Waals surface area (Å²) >= 11 is 5.74. The van der Waals surface area contributed by atoms with E-state index < -0.39 is 18.5 Å². The molecule has 20 heavy (non-hydrogen) atoms. The number of carbonyl (C=O) groups is 3. The number of benzene rings is 1. The van der Waals surface area contributed by atoms with Gasteiger partial charge in [0.15, 0.2) is 12.4 Å². The maximum atomic E-state index is 11.6. The third-order valence-electron chi connectivity index (χ3n) is 1.97. The maximum absolute atomic E-state index is 11.6. The molecule has 0 aliphatic rings. The molecule has 1 rings (SSSR count). The van der Waals surface area contributed by atoms with Gasteiger partial charge in [-0.05, 0) is 12.1 Å². The molecule has 0 heterocycles. The van der Waals surface area contributed by atoms with Crippen molar-refractivity contribution in [2.75, 3.05) is 13.2 Å². The van der Waals surface area contributed by atoms with E-state index in [-0.39, 0.29) is 12.3 Å². The highest BCUT2D eigenvalue weighted by atomic mass is 35.5. The Hall–Kier alpha value is -1.96. The van der Waals surface area contributed by atoms with Crippen molar-refractivity contribution in [1.82, 2.24) is 5.48 Å². The van der Waals surface area contributed by atoms with Gasteiger partial charge in [-0.2, -0.15) is 5.48 Å². The van der Waals surface area contributed by atoms with Crippen molar-refractivity contribution in [2.45, 2.75) is 6.92 Å². The maximum Gasteiger partial charge on any atom is 0.381 e. The van der Waals surface area contributed by atoms with Crippen molar-refractivity contribution in [3.05, 3.63) is 34.9 Å². The predicted molar refractivity (Wildman–Crippen MR) is 67.6 cm³/mol. The van der Waals surface area contributed by atoms with E-state index in [0.717, 1.165) is 6.92 Å². The number of halogens is 1. The Kier molecular flexibility index (Phi) is 6.65. The Morgan fingerprint density at radius 3 is 2.70 bits per heavy atom. The monoisotopic (exact) mass is 301 g/mol. The van der Waals surface area contributed by atoms with Gasteiger partial charge in [0.1, 0.15) is 0 Å². The molecule has 1 aromatic carbocycles. The molecule has 0 radical (unpaired) electrons. The summed E-state index contributed by atoms with van der Waals surface area (Å²) in [5, 5.41) is 0.435. The van der Waals surface area contributed by atoms with Crippen LogP contribution in [0.3, 0.4) is 0 Å². The van der Waals surface area contributed by atoms with Gasteiger partial charge in [0.25, 0.3) is 0 Å². The van der Waals surface area contributed by atoms with E-state index in [2.05, 4.69) is 20.1 Å². The van der Waals surface area contributed by atoms with E-state index in [0.29, 0.717) is 10.6 Å². The van der Waals surface area contributed by atoms with Crippen LogP contribution in [0, 0.1) is 0 Å². The van der Waals surface area contributed by atoms with Gasteiger partial charge in [0, 0.05) is 17.5 Å². The van der Waals surface area contributed by atoms with Crippen molar-refractivity contribution < 1.29 is 29.0 Å². The summed E-state index contributed by atoms with van der Waals surface area (Å²) in [5.41, 5.74) is 2.53. The first-order valence-electron chi connectivity index (χ1n) is 5.50. The van der Waals surface area contributed by atoms with Crippen molar-refractivity contribution in [3.8, 4) is 0 Å². The second kappa shape index (κ2) is 8.26. The number of hydroxylamine groups is 1. The fourth-order valence-electron chi connectivity index (χ4n) is 1.12. The first-order valence-corrected chi connectivity index (χ1v) is 5.88. The SMILES string of the molecule is CC(=O)OCC(=O)OONCC(=O)c1cccc(Cl)c1. The van der Waals surface area contributed by atoms with E-state index >= 15 is 0 Å². The van der Waals surface area contributed by atoms with Crippen LogP contribution < -0.4 is 5.48 Å². The zero-order chi connectivity index (χ0) is 15.0. The number of hydrogen-bond donors (Lipinski definition) is 1. The highest BCUT2D eigenvalue weighted by molar-refractivity contribution is 6.31. The van der Waals surface area contributed by atoms with Gasteiger partial charge in [0.05, 0.1) is 6.54 Å². The summed E-state index contributed by atoms with van der Waals surface area (Å²) in [6.45, 7) is 0.358. The average Bonchev–Trinajstić information content (AvgIpc) is 2.41. The lowest BCUT2D eigenvalue weighted by molar-refractivity contribution is -0.308. The normalized spacial score (nSPS) is 9.90. The van der Waals surface area contributed by atoms with E-state index in [1.807, 2.05) is 0 Å². The lowest BCUT2D eigenvalue weighted by Crippen LogP contribution is -2.26. The molecule has 0 atom stereocenters. The van der Waals surface area contributed by atoms with Crippen LogP contribution >= 0.6 is 11.6 Å². The molecular weight excluding hydrogens is 290 g/mol. The second-order valence-corrected chi connectivity index (χ2v) is 4.01. The molecule has 108 valence electrons. The van der Waals surface area contributed by atoms with Crippen LogP contribution in [0.25, 0.3) is 0 Å². The average molecular weight is 302 g/mol. The van der Waals surface area contributed by atoms with Crippen LogP contribution in [0.4, 0.5) is 0 Å². The third kappa shape index (κ3) is 6.28. The van der Waals surface area contributed by atoms with E-state index in [4.69, 9.17) is 11.6 Å². The van der Waals surface area contributed by atoms with Crippen LogP contribution in [-0.4, -0.2) is 30.9 Å². The van der Waals surface area contributed by atoms with E-state index in [9.17, 15) is 14.4 Å². The molecule has 0 bridgehead atoms. The lowest BCUT2D eigenvalue weighted by Gasteiger charge is -2.04. The topological polar surface area (TPSA) is 90.9 Å². The standard InChI is InChI=1S/C12H12ClNO6/c1-8(15)18-7-12(17)19-20-14-6-11(16)9-3-2-4-10(13)5-9/h2-5,14H,6-7H2,1H3. The molecule has 0 unspecified atom stereocenters. The van der Waals surface area contributed by atoms with Crippen LogP contribution in [-0.2, 0) is 24.2 Å². The van der Waals surface area contributed by atoms with Crippen LogP contribution in [0.2, 0.25) is 5.02 Å². The Morgan fingerprint density at radius 2 is 2.05 bits per heavy atom. The molecule has 0 spiro atoms. The Labute approximate surface area is 119 Å². The molecular formula is C12H12ClNO6. The molecule has 1 N–H and O–H groups in total. The quantitative estimate of drug-likeness (QED) is 0.265. The molecule has 0 saturated heterocycles. The van der Waals surface area contributed by atoms with Gasteiger partial charge < -0.3 is 4.74 Å². The van der Waals surface area contributed by atoms with Gasteiger partial charge in [0.2, 0.25) is 0 Å². The fraction of sp³-hybridized carbons (Fsp3) is 0.250. The largest absolute Gasteiger partial charge is 0.454 e. The molecule has 0 aliphatic heterocycles. The number of Topliss-reactive ketones (excluding diaryl/α,β-unsaturated/α-hetero) is 1. The Balaban J connectivity index is 2.22. The summed E-state index contributed by atoms with van der Waals surface area (Å²) in [6.07, 6.45) is 0. The van der Waals surface area contributed by atoms with E-state index in [1.54, 1.807) is 18.2 Å². The van der Waals surface area contributed by atoms with Gasteiger partial charge in [-0.15, -0.1) is 0 Å². The van der Waals surface area contributed by atoms with Crippen LogP contribution in [0.15, 0.2) is 24.3 Å². The summed E-state index contributed by atoms with van der Waals surface area (Å²) in [6, 6.07) is 6.36. The second-order valence-electron chi connectivity index (χ2n) is 3.57. The van der Waals surface area contributed by atoms with Gasteiger partial charge >= 0.3 is 11.9 Å². The highest BCUT2D eigenvalue weighted by Gasteiger charge is 2.09. The molecule has 8 heteroatoms. The van der Waals surface area contributed by atoms with Gasteiger partial charge in [-0.25, -0.2) is 4.79 Å². The Morgan fingerprint density at radius 1 is 1.30 bits per heavy atom. The third-order valence-corrected chi connectivity index (χ3v) is 2.20. The summed E-state index contributed by atoms with van der Waals surface area (Å²) in [5.74, 6) is -1.84. The fourth-order valence-corrected chi connectivity index (χ4v) is 1.31. The predicted octanol–water partition coefficient (Wildman–Crippen LogP) is 1.07. The minimum atomic E-state index is -0.914. The number of ketones is 1. The first-order chi connectivity index (χ1) is 9.49. The number of carbonyl (C=O) groups excluding carboxylic acids is 3. The van der Waals surface area contributed by atoms with Crippen LogP contribution in [0.5, 0.6) is 0 Å². The molecule has 0 aromatic heterocycles. The van der Waals surface area contributed by atoms with Gasteiger partial charge in [-0.3, -0.25) is 14.5 Å². The van der Waals surface area contributed by atoms with Gasteiger partial charge in [-0.1, -0.05) is 28.7 Å². The van der Waals surface area contributed by atoms with Crippen molar-refractivity contribution in [2.24, 2.45) is 0 Å².